The van der Waals surface area contributed by atoms with Gasteiger partial charge in [0.05, 0.1) is 0 Å². The van der Waals surface area contributed by atoms with Crippen molar-refractivity contribution in [3.63, 3.8) is 0 Å². The number of aliphatic imine (C=N–C) groups is 1. The average molecular weight is 272 g/mol. The minimum atomic E-state index is -0.484. The number of rotatable bonds is 3. The lowest BCUT2D eigenvalue weighted by molar-refractivity contribution is 0.243. The maximum atomic E-state index is 11.4. The lowest BCUT2D eigenvalue weighted by Crippen LogP contribution is -2.42. The normalized spacial score (nSPS) is 11.7. The molecule has 0 atom stereocenters. The fourth-order valence-electron chi connectivity index (χ4n) is 0.916. The standard InChI is InChI=1S/C11H20N4O2S/c1-5-6-7-12-9(16)14-11(18-4)15-10(17)13-8(2)3/h5-6,8H,7H2,1-4H3,(H3,12,13,14,15,16,17). The predicted molar refractivity (Wildman–Crippen MR) is 76.0 cm³/mol. The van der Waals surface area contributed by atoms with Crippen LogP contribution in [0.15, 0.2) is 17.1 Å². The van der Waals surface area contributed by atoms with Crippen LogP contribution in [0.25, 0.3) is 0 Å². The van der Waals surface area contributed by atoms with Crippen molar-refractivity contribution < 1.29 is 9.59 Å². The van der Waals surface area contributed by atoms with Gasteiger partial charge >= 0.3 is 12.1 Å². The van der Waals surface area contributed by atoms with Crippen LogP contribution in [-0.4, -0.2) is 36.1 Å². The van der Waals surface area contributed by atoms with Gasteiger partial charge in [-0.3, -0.25) is 5.32 Å². The van der Waals surface area contributed by atoms with Crippen LogP contribution in [0.4, 0.5) is 9.59 Å². The molecule has 0 aromatic heterocycles. The molecule has 0 aromatic rings. The molecule has 6 nitrogen and oxygen atoms in total. The molecule has 18 heavy (non-hydrogen) atoms. The number of hydrogen-bond acceptors (Lipinski definition) is 3. The molecule has 0 saturated heterocycles. The highest BCUT2D eigenvalue weighted by Crippen LogP contribution is 1.95. The fraction of sp³-hybridized carbons (Fsp3) is 0.545. The Hall–Kier alpha value is -1.50. The van der Waals surface area contributed by atoms with E-state index in [0.29, 0.717) is 6.54 Å². The van der Waals surface area contributed by atoms with Gasteiger partial charge in [-0.25, -0.2) is 9.59 Å². The van der Waals surface area contributed by atoms with Gasteiger partial charge in [-0.05, 0) is 27.0 Å². The Kier molecular flexibility index (Phi) is 8.73. The smallest absolute Gasteiger partial charge is 0.336 e. The third-order valence-electron chi connectivity index (χ3n) is 1.64. The summed E-state index contributed by atoms with van der Waals surface area (Å²) in [5, 5.41) is 7.97. The number of urea groups is 2. The van der Waals surface area contributed by atoms with Gasteiger partial charge in [-0.2, -0.15) is 4.99 Å². The maximum absolute atomic E-state index is 11.4. The van der Waals surface area contributed by atoms with Crippen molar-refractivity contribution >= 4 is 29.0 Å². The van der Waals surface area contributed by atoms with E-state index in [1.807, 2.05) is 26.8 Å². The highest BCUT2D eigenvalue weighted by molar-refractivity contribution is 8.13. The molecule has 0 heterocycles. The number of allylic oxidation sites excluding steroid dienone is 1. The third kappa shape index (κ3) is 8.63. The summed E-state index contributed by atoms with van der Waals surface area (Å²) in [6, 6.07) is -0.835. The highest BCUT2D eigenvalue weighted by atomic mass is 32.2. The predicted octanol–water partition coefficient (Wildman–Crippen LogP) is 1.70. The van der Waals surface area contributed by atoms with Crippen LogP contribution in [0.5, 0.6) is 0 Å². The van der Waals surface area contributed by atoms with Crippen molar-refractivity contribution in [1.29, 1.82) is 0 Å². The van der Waals surface area contributed by atoms with E-state index in [1.54, 1.807) is 12.3 Å². The van der Waals surface area contributed by atoms with Crippen LogP contribution in [0, 0.1) is 0 Å². The topological polar surface area (TPSA) is 82.6 Å². The van der Waals surface area contributed by atoms with Gasteiger partial charge in [-0.15, -0.1) is 0 Å². The minimum Gasteiger partial charge on any atom is -0.336 e. The largest absolute Gasteiger partial charge is 0.343 e. The van der Waals surface area contributed by atoms with Crippen molar-refractivity contribution in [3.05, 3.63) is 12.2 Å². The van der Waals surface area contributed by atoms with E-state index in [1.165, 1.54) is 11.8 Å². The number of amides is 4. The van der Waals surface area contributed by atoms with Crippen LogP contribution in [0.1, 0.15) is 20.8 Å². The SMILES string of the molecule is CC=CCNC(=O)N=C(NC(=O)NC(C)C)SC. The van der Waals surface area contributed by atoms with E-state index < -0.39 is 6.03 Å². The number of carbonyl (C=O) groups excluding carboxylic acids is 2. The van der Waals surface area contributed by atoms with E-state index in [4.69, 9.17) is 0 Å². The number of hydrogen-bond donors (Lipinski definition) is 3. The first-order chi connectivity index (χ1) is 8.49. The molecule has 0 unspecified atom stereocenters. The van der Waals surface area contributed by atoms with Crippen molar-refractivity contribution in [2.24, 2.45) is 4.99 Å². The van der Waals surface area contributed by atoms with Crippen molar-refractivity contribution in [2.45, 2.75) is 26.8 Å². The minimum absolute atomic E-state index is 0.0247. The number of nitrogens with zero attached hydrogens (tertiary/aromatic N) is 1. The Labute approximate surface area is 112 Å². The summed E-state index contributed by atoms with van der Waals surface area (Å²) in [5.74, 6) is 0. The van der Waals surface area contributed by atoms with E-state index in [-0.39, 0.29) is 17.2 Å². The van der Waals surface area contributed by atoms with Gasteiger partial charge < -0.3 is 10.6 Å². The first-order valence-electron chi connectivity index (χ1n) is 5.58. The van der Waals surface area contributed by atoms with E-state index in [0.717, 1.165) is 0 Å². The zero-order chi connectivity index (χ0) is 14.0. The molecule has 102 valence electrons. The lowest BCUT2D eigenvalue weighted by atomic mass is 10.4. The van der Waals surface area contributed by atoms with Crippen LogP contribution in [0.3, 0.4) is 0 Å². The molecule has 0 spiro atoms. The fourth-order valence-corrected chi connectivity index (χ4v) is 1.28. The van der Waals surface area contributed by atoms with Crippen LogP contribution in [0.2, 0.25) is 0 Å². The van der Waals surface area contributed by atoms with E-state index >= 15 is 0 Å². The molecule has 4 amide bonds. The third-order valence-corrected chi connectivity index (χ3v) is 2.22. The molecule has 0 radical (unpaired) electrons. The second-order valence-electron chi connectivity index (χ2n) is 3.63. The quantitative estimate of drug-likeness (QED) is 0.415. The zero-order valence-electron chi connectivity index (χ0n) is 11.1. The molecule has 0 aliphatic carbocycles. The van der Waals surface area contributed by atoms with Gasteiger partial charge in [0.15, 0.2) is 5.17 Å². The Bertz CT molecular complexity index is 340. The maximum Gasteiger partial charge on any atom is 0.343 e. The number of thioether (sulfide) groups is 1. The zero-order valence-corrected chi connectivity index (χ0v) is 11.9. The van der Waals surface area contributed by atoms with Crippen LogP contribution < -0.4 is 16.0 Å². The average Bonchev–Trinajstić information content (AvgIpc) is 2.27. The Morgan fingerprint density at radius 2 is 2.06 bits per heavy atom. The summed E-state index contributed by atoms with van der Waals surface area (Å²) in [6.07, 6.45) is 5.35. The summed E-state index contributed by atoms with van der Waals surface area (Å²) in [6.45, 7) is 5.97. The van der Waals surface area contributed by atoms with Gasteiger partial charge in [-0.1, -0.05) is 23.9 Å². The number of amidine groups is 1. The van der Waals surface area contributed by atoms with Crippen molar-refractivity contribution in [1.82, 2.24) is 16.0 Å². The molecule has 0 aliphatic rings. The summed E-state index contributed by atoms with van der Waals surface area (Å²) in [7, 11) is 0. The Morgan fingerprint density at radius 3 is 2.56 bits per heavy atom. The molecular weight excluding hydrogens is 252 g/mol. The molecule has 0 aliphatic heterocycles. The van der Waals surface area contributed by atoms with Gasteiger partial charge in [0.1, 0.15) is 0 Å². The van der Waals surface area contributed by atoms with Gasteiger partial charge in [0.2, 0.25) is 0 Å². The molecule has 0 saturated carbocycles. The second kappa shape index (κ2) is 9.52. The highest BCUT2D eigenvalue weighted by Gasteiger charge is 2.07. The summed E-state index contributed by atoms with van der Waals surface area (Å²) >= 11 is 1.19. The molecule has 0 aromatic carbocycles. The molecule has 7 heteroatoms. The number of nitrogens with one attached hydrogen (secondary N) is 3. The van der Waals surface area contributed by atoms with Crippen LogP contribution >= 0.6 is 11.8 Å². The monoisotopic (exact) mass is 272 g/mol. The van der Waals surface area contributed by atoms with E-state index in [9.17, 15) is 9.59 Å². The van der Waals surface area contributed by atoms with Crippen molar-refractivity contribution in [3.8, 4) is 0 Å². The van der Waals surface area contributed by atoms with Crippen LogP contribution in [-0.2, 0) is 0 Å². The van der Waals surface area contributed by atoms with Crippen molar-refractivity contribution in [2.75, 3.05) is 12.8 Å². The second-order valence-corrected chi connectivity index (χ2v) is 4.42. The molecule has 0 rings (SSSR count). The Balaban J connectivity index is 4.29. The van der Waals surface area contributed by atoms with E-state index in [2.05, 4.69) is 20.9 Å². The molecule has 3 N–H and O–H groups in total. The summed E-state index contributed by atoms with van der Waals surface area (Å²) in [4.78, 5) is 26.5. The first kappa shape index (κ1) is 16.5. The summed E-state index contributed by atoms with van der Waals surface area (Å²) in [5.41, 5.74) is 0. The molecule has 0 fully saturated rings. The molecule has 0 bridgehead atoms. The van der Waals surface area contributed by atoms with Gasteiger partial charge in [0.25, 0.3) is 0 Å². The number of carbonyl (C=O) groups is 2. The first-order valence-corrected chi connectivity index (χ1v) is 6.81. The Morgan fingerprint density at radius 1 is 1.39 bits per heavy atom. The van der Waals surface area contributed by atoms with Gasteiger partial charge in [0, 0.05) is 12.6 Å². The molecular formula is C11H20N4O2S. The lowest BCUT2D eigenvalue weighted by Gasteiger charge is -2.10. The summed E-state index contributed by atoms with van der Waals surface area (Å²) < 4.78 is 0.